The number of carbonyl (C=O) groups excluding carboxylic acids is 1. The van der Waals surface area contributed by atoms with Crippen molar-refractivity contribution >= 4 is 17.5 Å². The van der Waals surface area contributed by atoms with Gasteiger partial charge in [-0.15, -0.1) is 0 Å². The van der Waals surface area contributed by atoms with Crippen molar-refractivity contribution < 1.29 is 4.79 Å². The van der Waals surface area contributed by atoms with Crippen molar-refractivity contribution in [3.63, 3.8) is 0 Å². The first kappa shape index (κ1) is 19.4. The zero-order valence-corrected chi connectivity index (χ0v) is 17.1. The van der Waals surface area contributed by atoms with Crippen LogP contribution >= 0.6 is 11.6 Å². The summed E-state index contributed by atoms with van der Waals surface area (Å²) in [5, 5.41) is 3.70. The number of benzene rings is 2. The Morgan fingerprint density at radius 2 is 1.82 bits per heavy atom. The molecular formula is C23H28ClN3O. The quantitative estimate of drug-likeness (QED) is 0.809. The molecule has 2 aliphatic heterocycles. The molecule has 0 saturated carbocycles. The zero-order chi connectivity index (χ0) is 19.5. The van der Waals surface area contributed by atoms with Crippen LogP contribution < -0.4 is 5.32 Å². The molecule has 28 heavy (non-hydrogen) atoms. The van der Waals surface area contributed by atoms with Crippen LogP contribution in [-0.4, -0.2) is 48.9 Å². The summed E-state index contributed by atoms with van der Waals surface area (Å²) >= 11 is 6.16. The van der Waals surface area contributed by atoms with E-state index < -0.39 is 0 Å². The molecule has 4 rings (SSSR count). The minimum Gasteiger partial charge on any atom is -0.352 e. The van der Waals surface area contributed by atoms with E-state index in [1.807, 2.05) is 24.3 Å². The molecule has 0 radical (unpaired) electrons. The lowest BCUT2D eigenvalue weighted by Gasteiger charge is -2.26. The smallest absolute Gasteiger partial charge is 0.221 e. The van der Waals surface area contributed by atoms with Crippen molar-refractivity contribution in [2.45, 2.75) is 19.0 Å². The van der Waals surface area contributed by atoms with E-state index >= 15 is 0 Å². The molecule has 2 heterocycles. The van der Waals surface area contributed by atoms with E-state index in [1.54, 1.807) is 0 Å². The van der Waals surface area contributed by atoms with Crippen molar-refractivity contribution in [1.29, 1.82) is 0 Å². The van der Waals surface area contributed by atoms with E-state index in [9.17, 15) is 4.79 Å². The van der Waals surface area contributed by atoms with Crippen molar-refractivity contribution in [2.24, 2.45) is 11.8 Å². The monoisotopic (exact) mass is 397 g/mol. The predicted molar refractivity (Wildman–Crippen MR) is 113 cm³/mol. The van der Waals surface area contributed by atoms with Crippen LogP contribution in [0.15, 0.2) is 54.6 Å². The van der Waals surface area contributed by atoms with Crippen molar-refractivity contribution in [2.75, 3.05) is 33.2 Å². The van der Waals surface area contributed by atoms with Gasteiger partial charge in [-0.1, -0.05) is 60.1 Å². The summed E-state index contributed by atoms with van der Waals surface area (Å²) in [6, 6.07) is 19.0. The van der Waals surface area contributed by atoms with E-state index in [0.717, 1.165) is 31.7 Å². The number of carbonyl (C=O) groups is 1. The number of rotatable bonds is 6. The summed E-state index contributed by atoms with van der Waals surface area (Å²) in [5.41, 5.74) is 2.37. The maximum Gasteiger partial charge on any atom is 0.221 e. The fraction of sp³-hybridized carbons (Fsp3) is 0.435. The molecule has 0 aromatic heterocycles. The number of nitrogens with zero attached hydrogens (tertiary/aromatic N) is 2. The molecule has 2 fully saturated rings. The van der Waals surface area contributed by atoms with Crippen LogP contribution in [0.4, 0.5) is 0 Å². The Kier molecular flexibility index (Phi) is 6.00. The normalized spacial score (nSPS) is 25.0. The molecule has 0 spiro atoms. The third-order valence-corrected chi connectivity index (χ3v) is 6.57. The Morgan fingerprint density at radius 3 is 2.61 bits per heavy atom. The number of hydrogen-bond acceptors (Lipinski definition) is 3. The van der Waals surface area contributed by atoms with Gasteiger partial charge in [0, 0.05) is 50.2 Å². The minimum absolute atomic E-state index is 0.0914. The molecule has 0 bridgehead atoms. The Morgan fingerprint density at radius 1 is 1.07 bits per heavy atom. The van der Waals surface area contributed by atoms with Gasteiger partial charge in [0.05, 0.1) is 0 Å². The third kappa shape index (κ3) is 4.24. The predicted octanol–water partition coefficient (Wildman–Crippen LogP) is 3.58. The highest BCUT2D eigenvalue weighted by Crippen LogP contribution is 2.43. The average Bonchev–Trinajstić information content (AvgIpc) is 3.22. The molecule has 3 atom stereocenters. The second kappa shape index (κ2) is 8.64. The van der Waals surface area contributed by atoms with Gasteiger partial charge in [-0.3, -0.25) is 9.69 Å². The van der Waals surface area contributed by atoms with Gasteiger partial charge >= 0.3 is 0 Å². The second-order valence-electron chi connectivity index (χ2n) is 8.10. The van der Waals surface area contributed by atoms with E-state index in [0.29, 0.717) is 35.9 Å². The largest absolute Gasteiger partial charge is 0.352 e. The Labute approximate surface area is 172 Å². The molecule has 2 aromatic carbocycles. The lowest BCUT2D eigenvalue weighted by molar-refractivity contribution is -0.121. The molecule has 4 nitrogen and oxygen atoms in total. The highest BCUT2D eigenvalue weighted by Gasteiger charge is 2.45. The highest BCUT2D eigenvalue weighted by molar-refractivity contribution is 6.31. The van der Waals surface area contributed by atoms with Crippen LogP contribution in [0.5, 0.6) is 0 Å². The molecule has 1 amide bonds. The minimum atomic E-state index is 0.0914. The van der Waals surface area contributed by atoms with Crippen molar-refractivity contribution in [3.05, 3.63) is 70.7 Å². The summed E-state index contributed by atoms with van der Waals surface area (Å²) in [6.45, 7) is 4.62. The van der Waals surface area contributed by atoms with Gasteiger partial charge in [0.15, 0.2) is 0 Å². The first-order chi connectivity index (χ1) is 13.6. The van der Waals surface area contributed by atoms with Crippen LogP contribution in [0, 0.1) is 11.8 Å². The fourth-order valence-corrected chi connectivity index (χ4v) is 5.07. The average molecular weight is 398 g/mol. The first-order valence-electron chi connectivity index (χ1n) is 10.1. The van der Waals surface area contributed by atoms with Crippen molar-refractivity contribution in [3.8, 4) is 0 Å². The number of fused-ring (bicyclic) bond motifs is 1. The molecule has 2 aliphatic rings. The number of amides is 1. The van der Waals surface area contributed by atoms with Crippen molar-refractivity contribution in [1.82, 2.24) is 15.1 Å². The van der Waals surface area contributed by atoms with E-state index in [4.69, 9.17) is 11.6 Å². The number of nitrogens with one attached hydrogen (secondary N) is 1. The van der Waals surface area contributed by atoms with Crippen LogP contribution in [0.3, 0.4) is 0 Å². The Balaban J connectivity index is 1.27. The molecule has 5 heteroatoms. The van der Waals surface area contributed by atoms with Crippen LogP contribution in [-0.2, 0) is 11.3 Å². The summed E-state index contributed by atoms with van der Waals surface area (Å²) in [4.78, 5) is 17.2. The Hall–Kier alpha value is -1.88. The van der Waals surface area contributed by atoms with Gasteiger partial charge in [-0.2, -0.15) is 0 Å². The molecule has 1 N–H and O–H groups in total. The number of likely N-dealkylation sites (tertiary alicyclic amines) is 2. The summed E-state index contributed by atoms with van der Waals surface area (Å²) in [7, 11) is 2.24. The number of halogens is 1. The van der Waals surface area contributed by atoms with Gasteiger partial charge < -0.3 is 10.2 Å². The summed E-state index contributed by atoms with van der Waals surface area (Å²) < 4.78 is 0. The molecule has 0 unspecified atom stereocenters. The summed E-state index contributed by atoms with van der Waals surface area (Å²) in [5.74, 6) is 1.44. The van der Waals surface area contributed by atoms with Crippen LogP contribution in [0.1, 0.15) is 23.6 Å². The standard InChI is InChI=1S/C23H28ClN3O/c1-26-14-19-15-27(16-20(19)23(26)17-7-3-2-4-8-17)12-11-22(28)25-13-18-9-5-6-10-21(18)24/h2-10,19-20,23H,11-16H2,1H3,(H,25,28)/t19-,20-,23+/m1/s1. The van der Waals surface area contributed by atoms with Gasteiger partial charge in [-0.25, -0.2) is 0 Å². The van der Waals surface area contributed by atoms with Gasteiger partial charge in [0.25, 0.3) is 0 Å². The van der Waals surface area contributed by atoms with Crippen LogP contribution in [0.25, 0.3) is 0 Å². The van der Waals surface area contributed by atoms with Gasteiger partial charge in [0.2, 0.25) is 5.91 Å². The SMILES string of the molecule is CN1C[C@@H]2CN(CCC(=O)NCc3ccccc3Cl)C[C@H]2[C@@H]1c1ccccc1. The number of hydrogen-bond donors (Lipinski definition) is 1. The molecule has 148 valence electrons. The lowest BCUT2D eigenvalue weighted by Crippen LogP contribution is -2.32. The topological polar surface area (TPSA) is 35.6 Å². The van der Waals surface area contributed by atoms with E-state index in [2.05, 4.69) is 52.5 Å². The lowest BCUT2D eigenvalue weighted by atomic mass is 9.90. The molecular weight excluding hydrogens is 370 g/mol. The maximum absolute atomic E-state index is 12.3. The van der Waals surface area contributed by atoms with E-state index in [1.165, 1.54) is 5.56 Å². The summed E-state index contributed by atoms with van der Waals surface area (Å²) in [6.07, 6.45) is 0.537. The third-order valence-electron chi connectivity index (χ3n) is 6.20. The highest BCUT2D eigenvalue weighted by atomic mass is 35.5. The van der Waals surface area contributed by atoms with Gasteiger partial charge in [0.1, 0.15) is 0 Å². The maximum atomic E-state index is 12.3. The van der Waals surface area contributed by atoms with Crippen LogP contribution in [0.2, 0.25) is 5.02 Å². The first-order valence-corrected chi connectivity index (χ1v) is 10.5. The molecule has 2 saturated heterocycles. The Bertz CT molecular complexity index is 813. The molecule has 2 aromatic rings. The zero-order valence-electron chi connectivity index (χ0n) is 16.4. The van der Waals surface area contributed by atoms with E-state index in [-0.39, 0.29) is 5.91 Å². The fourth-order valence-electron chi connectivity index (χ4n) is 4.87. The van der Waals surface area contributed by atoms with Gasteiger partial charge in [-0.05, 0) is 36.1 Å². The molecule has 0 aliphatic carbocycles. The second-order valence-corrected chi connectivity index (χ2v) is 8.50.